The van der Waals surface area contributed by atoms with Crippen LogP contribution in [0.25, 0.3) is 0 Å². The SMILES string of the molecule is Cc1ccc(Cl)cc1S(=O)(=O)N(CCN)[C@H]1CS(=O)(=O)C[C@H]1O. The molecule has 23 heavy (non-hydrogen) atoms. The third-order valence-electron chi connectivity index (χ3n) is 3.75. The minimum Gasteiger partial charge on any atom is -0.390 e. The smallest absolute Gasteiger partial charge is 0.243 e. The molecule has 10 heteroatoms. The van der Waals surface area contributed by atoms with E-state index in [1.54, 1.807) is 19.1 Å². The molecule has 0 aliphatic carbocycles. The van der Waals surface area contributed by atoms with Crippen LogP contribution < -0.4 is 5.73 Å². The fourth-order valence-electron chi connectivity index (χ4n) is 2.66. The number of aliphatic hydroxyl groups is 1. The van der Waals surface area contributed by atoms with Gasteiger partial charge >= 0.3 is 0 Å². The van der Waals surface area contributed by atoms with Gasteiger partial charge in [-0.1, -0.05) is 17.7 Å². The van der Waals surface area contributed by atoms with E-state index in [2.05, 4.69) is 0 Å². The zero-order valence-corrected chi connectivity index (χ0v) is 14.9. The van der Waals surface area contributed by atoms with Gasteiger partial charge in [0, 0.05) is 18.1 Å². The monoisotopic (exact) mass is 382 g/mol. The van der Waals surface area contributed by atoms with E-state index < -0.39 is 43.5 Å². The third-order valence-corrected chi connectivity index (χ3v) is 7.75. The molecule has 1 aromatic rings. The molecule has 0 bridgehead atoms. The molecule has 0 unspecified atom stereocenters. The van der Waals surface area contributed by atoms with Gasteiger partial charge in [-0.25, -0.2) is 16.8 Å². The Hall–Kier alpha value is -0.710. The summed E-state index contributed by atoms with van der Waals surface area (Å²) in [6.07, 6.45) is -1.28. The number of rotatable bonds is 5. The summed E-state index contributed by atoms with van der Waals surface area (Å²) >= 11 is 5.89. The Labute approximate surface area is 141 Å². The standard InChI is InChI=1S/C13H19ClN2O5S2/c1-9-2-3-10(14)6-13(9)23(20,21)16(5-4-15)11-7-22(18,19)8-12(11)17/h2-3,6,11-12,17H,4-5,7-8,15H2,1H3/t11-,12+/m0/s1. The number of hydrogen-bond donors (Lipinski definition) is 2. The zero-order chi connectivity index (χ0) is 17.4. The van der Waals surface area contributed by atoms with Gasteiger partial charge in [0.15, 0.2) is 9.84 Å². The molecule has 3 N–H and O–H groups in total. The van der Waals surface area contributed by atoms with Crippen molar-refractivity contribution in [2.45, 2.75) is 24.0 Å². The van der Waals surface area contributed by atoms with E-state index >= 15 is 0 Å². The minimum absolute atomic E-state index is 0.00209. The second kappa shape index (κ2) is 6.66. The highest BCUT2D eigenvalue weighted by Crippen LogP contribution is 2.28. The summed E-state index contributed by atoms with van der Waals surface area (Å²) in [5.74, 6) is -0.879. The molecule has 130 valence electrons. The number of aliphatic hydroxyl groups excluding tert-OH is 1. The third kappa shape index (κ3) is 3.86. The van der Waals surface area contributed by atoms with Crippen LogP contribution in [0, 0.1) is 6.92 Å². The molecule has 0 radical (unpaired) electrons. The van der Waals surface area contributed by atoms with Gasteiger partial charge in [-0.05, 0) is 24.6 Å². The Bertz CT molecular complexity index is 795. The summed E-state index contributed by atoms with van der Waals surface area (Å²) in [6.45, 7) is 1.53. The van der Waals surface area contributed by atoms with Crippen molar-refractivity contribution in [3.05, 3.63) is 28.8 Å². The van der Waals surface area contributed by atoms with Crippen molar-refractivity contribution in [1.82, 2.24) is 4.31 Å². The maximum absolute atomic E-state index is 12.9. The number of hydrogen-bond acceptors (Lipinski definition) is 6. The Kier molecular flexibility index (Phi) is 5.39. The van der Waals surface area contributed by atoms with E-state index in [0.29, 0.717) is 5.56 Å². The van der Waals surface area contributed by atoms with Crippen LogP contribution >= 0.6 is 11.6 Å². The summed E-state index contributed by atoms with van der Waals surface area (Å²) in [4.78, 5) is -0.0186. The lowest BCUT2D eigenvalue weighted by molar-refractivity contribution is 0.129. The first-order valence-corrected chi connectivity index (χ1v) is 10.6. The van der Waals surface area contributed by atoms with Gasteiger partial charge in [0.25, 0.3) is 0 Å². The van der Waals surface area contributed by atoms with E-state index in [1.807, 2.05) is 0 Å². The van der Waals surface area contributed by atoms with Gasteiger partial charge < -0.3 is 10.8 Å². The second-order valence-electron chi connectivity index (χ2n) is 5.53. The van der Waals surface area contributed by atoms with Crippen LogP contribution in [0.15, 0.2) is 23.1 Å². The molecule has 2 rings (SSSR count). The molecule has 1 heterocycles. The molecule has 2 atom stereocenters. The van der Waals surface area contributed by atoms with Gasteiger partial charge in [-0.15, -0.1) is 0 Å². The first-order chi connectivity index (χ1) is 10.6. The lowest BCUT2D eigenvalue weighted by atomic mass is 10.2. The van der Waals surface area contributed by atoms with Crippen molar-refractivity contribution in [3.63, 3.8) is 0 Å². The average Bonchev–Trinajstić information content (AvgIpc) is 2.71. The number of aryl methyl sites for hydroxylation is 1. The molecule has 1 fully saturated rings. The molecule has 0 saturated carbocycles. The number of sulfone groups is 1. The highest BCUT2D eigenvalue weighted by atomic mass is 35.5. The second-order valence-corrected chi connectivity index (χ2v) is 9.98. The predicted molar refractivity (Wildman–Crippen MR) is 87.6 cm³/mol. The summed E-state index contributed by atoms with van der Waals surface area (Å²) in [7, 11) is -7.53. The molecule has 1 aliphatic heterocycles. The van der Waals surface area contributed by atoms with E-state index in [0.717, 1.165) is 4.31 Å². The average molecular weight is 383 g/mol. The summed E-state index contributed by atoms with van der Waals surface area (Å²) in [6, 6.07) is 3.40. The summed E-state index contributed by atoms with van der Waals surface area (Å²) in [5.41, 5.74) is 5.97. The molecule has 1 saturated heterocycles. The predicted octanol–water partition coefficient (Wildman–Crippen LogP) is -0.244. The van der Waals surface area contributed by atoms with Gasteiger partial charge in [-0.3, -0.25) is 0 Å². The largest absolute Gasteiger partial charge is 0.390 e. The Balaban J connectivity index is 2.50. The Morgan fingerprint density at radius 3 is 2.57 bits per heavy atom. The Morgan fingerprint density at radius 2 is 2.04 bits per heavy atom. The van der Waals surface area contributed by atoms with Crippen LogP contribution in [0.3, 0.4) is 0 Å². The van der Waals surface area contributed by atoms with Gasteiger partial charge in [0.1, 0.15) is 0 Å². The number of nitrogens with two attached hydrogens (primary N) is 1. The van der Waals surface area contributed by atoms with E-state index in [1.165, 1.54) is 6.07 Å². The number of nitrogens with zero attached hydrogens (tertiary/aromatic N) is 1. The van der Waals surface area contributed by atoms with Crippen LogP contribution in [-0.4, -0.2) is 63.0 Å². The fourth-order valence-corrected chi connectivity index (χ4v) is 6.71. The Morgan fingerprint density at radius 1 is 1.39 bits per heavy atom. The molecule has 0 spiro atoms. The molecule has 0 amide bonds. The van der Waals surface area contributed by atoms with E-state index in [9.17, 15) is 21.9 Å². The molecule has 1 aromatic carbocycles. The van der Waals surface area contributed by atoms with Crippen molar-refractivity contribution < 1.29 is 21.9 Å². The lowest BCUT2D eigenvalue weighted by Crippen LogP contribution is -2.48. The van der Waals surface area contributed by atoms with Crippen LogP contribution in [-0.2, 0) is 19.9 Å². The fraction of sp³-hybridized carbons (Fsp3) is 0.538. The highest BCUT2D eigenvalue weighted by molar-refractivity contribution is 7.92. The maximum Gasteiger partial charge on any atom is 0.243 e. The van der Waals surface area contributed by atoms with Crippen molar-refractivity contribution >= 4 is 31.5 Å². The van der Waals surface area contributed by atoms with Crippen molar-refractivity contribution in [3.8, 4) is 0 Å². The van der Waals surface area contributed by atoms with Crippen LogP contribution in [0.1, 0.15) is 5.56 Å². The van der Waals surface area contributed by atoms with Crippen LogP contribution in [0.4, 0.5) is 0 Å². The summed E-state index contributed by atoms with van der Waals surface area (Å²) in [5, 5.41) is 10.3. The number of halogens is 1. The maximum atomic E-state index is 12.9. The minimum atomic E-state index is -4.04. The molecular weight excluding hydrogens is 364 g/mol. The first-order valence-electron chi connectivity index (χ1n) is 6.95. The van der Waals surface area contributed by atoms with Crippen molar-refractivity contribution in [2.75, 3.05) is 24.6 Å². The molecular formula is C13H19ClN2O5S2. The number of benzene rings is 1. The topological polar surface area (TPSA) is 118 Å². The zero-order valence-electron chi connectivity index (χ0n) is 12.5. The van der Waals surface area contributed by atoms with Crippen molar-refractivity contribution in [1.29, 1.82) is 0 Å². The van der Waals surface area contributed by atoms with Gasteiger partial charge in [-0.2, -0.15) is 4.31 Å². The highest BCUT2D eigenvalue weighted by Gasteiger charge is 2.44. The van der Waals surface area contributed by atoms with E-state index in [-0.39, 0.29) is 23.0 Å². The van der Waals surface area contributed by atoms with Crippen LogP contribution in [0.5, 0.6) is 0 Å². The number of sulfonamides is 1. The molecule has 1 aliphatic rings. The normalized spacial score (nSPS) is 24.2. The summed E-state index contributed by atoms with van der Waals surface area (Å²) < 4.78 is 50.3. The molecule has 7 nitrogen and oxygen atoms in total. The van der Waals surface area contributed by atoms with E-state index in [4.69, 9.17) is 17.3 Å². The first kappa shape index (κ1) is 18.6. The molecule has 0 aromatic heterocycles. The van der Waals surface area contributed by atoms with Gasteiger partial charge in [0.05, 0.1) is 28.5 Å². The van der Waals surface area contributed by atoms with Gasteiger partial charge in [0.2, 0.25) is 10.0 Å². The van der Waals surface area contributed by atoms with Crippen LogP contribution in [0.2, 0.25) is 5.02 Å². The van der Waals surface area contributed by atoms with Crippen molar-refractivity contribution in [2.24, 2.45) is 5.73 Å². The lowest BCUT2D eigenvalue weighted by Gasteiger charge is -2.29. The quantitative estimate of drug-likeness (QED) is 0.725.